The number of hydrogen-bond donors (Lipinski definition) is 0. The fourth-order valence-electron chi connectivity index (χ4n) is 6.81. The Hall–Kier alpha value is -6.08. The van der Waals surface area contributed by atoms with E-state index < -0.39 is 0 Å². The van der Waals surface area contributed by atoms with Gasteiger partial charge in [-0.15, -0.1) is 72.8 Å². The number of aromatic nitrogens is 8. The van der Waals surface area contributed by atoms with Crippen LogP contribution in [0, 0.1) is 24.3 Å². The van der Waals surface area contributed by atoms with Gasteiger partial charge in [0.1, 0.15) is 0 Å². The Morgan fingerprint density at radius 2 is 0.707 bits per heavy atom. The molecule has 9 aromatic rings. The van der Waals surface area contributed by atoms with Gasteiger partial charge in [0, 0.05) is 42.0 Å². The van der Waals surface area contributed by atoms with E-state index in [0.29, 0.717) is 11.5 Å². The van der Waals surface area contributed by atoms with E-state index in [1.54, 1.807) is 0 Å². The molecular weight excluding hydrogens is 1080 g/mol. The Labute approximate surface area is 364 Å². The second-order valence-corrected chi connectivity index (χ2v) is 13.4. The summed E-state index contributed by atoms with van der Waals surface area (Å²) in [6.07, 6.45) is 11.2. The standard InChI is InChI=1S/C26H19N5.C20H14N4O.2Pt/c1-2-6-22(7-3-1)31-25-10-4-8-23(18-25)29-16-14-20(27-29)12-13-21-15-17-30(28-21)24-9-5-11-26(31)19-24;1-3-17-13-19(5-1)25-20-6-2-4-18(14-20)24-12-10-16(22-24)8-7-15-9-11-23(17)21-15;;/h1-11,14-17H,12-13H2;1-6,9-12H,7-8H2;;/q2*-2;2*+2. The number of anilines is 3. The van der Waals surface area contributed by atoms with E-state index in [2.05, 4.69) is 75.8 Å². The molecule has 58 heavy (non-hydrogen) atoms. The molecule has 12 heteroatoms. The number of aryl methyl sites for hydroxylation is 4. The molecular formula is C46H33N9OPt2. The first-order chi connectivity index (χ1) is 27.7. The summed E-state index contributed by atoms with van der Waals surface area (Å²) in [6, 6.07) is 55.9. The Balaban J connectivity index is 0.000000160. The predicted octanol–water partition coefficient (Wildman–Crippen LogP) is 8.77. The van der Waals surface area contributed by atoms with Crippen LogP contribution in [-0.2, 0) is 67.8 Å². The first kappa shape index (κ1) is 38.8. The van der Waals surface area contributed by atoms with Crippen molar-refractivity contribution in [2.45, 2.75) is 25.7 Å². The number of ether oxygens (including phenoxy) is 1. The van der Waals surface area contributed by atoms with Gasteiger partial charge in [-0.25, -0.2) is 0 Å². The van der Waals surface area contributed by atoms with Crippen LogP contribution in [0.2, 0.25) is 0 Å². The second kappa shape index (κ2) is 17.2. The number of nitrogens with zero attached hydrogens (tertiary/aromatic N) is 9. The van der Waals surface area contributed by atoms with Crippen LogP contribution in [0.15, 0.2) is 152 Å². The van der Waals surface area contributed by atoms with E-state index in [0.717, 1.165) is 88.3 Å². The molecule has 0 aliphatic carbocycles. The van der Waals surface area contributed by atoms with Crippen molar-refractivity contribution >= 4 is 17.1 Å². The van der Waals surface area contributed by atoms with Gasteiger partial charge in [-0.2, -0.15) is 44.7 Å². The van der Waals surface area contributed by atoms with E-state index >= 15 is 0 Å². The van der Waals surface area contributed by atoms with Gasteiger partial charge in [0.25, 0.3) is 0 Å². The Morgan fingerprint density at radius 1 is 0.362 bits per heavy atom. The van der Waals surface area contributed by atoms with Gasteiger partial charge in [-0.1, -0.05) is 29.6 Å². The van der Waals surface area contributed by atoms with Crippen LogP contribution in [0.3, 0.4) is 0 Å². The fourth-order valence-corrected chi connectivity index (χ4v) is 6.81. The van der Waals surface area contributed by atoms with Gasteiger partial charge in [0.2, 0.25) is 0 Å². The van der Waals surface area contributed by atoms with E-state index in [-0.39, 0.29) is 42.1 Å². The zero-order valence-electron chi connectivity index (χ0n) is 30.8. The zero-order valence-corrected chi connectivity index (χ0v) is 35.4. The molecule has 2 aliphatic rings. The van der Waals surface area contributed by atoms with Gasteiger partial charge < -0.3 is 9.64 Å². The topological polar surface area (TPSA) is 83.8 Å². The van der Waals surface area contributed by atoms with Crippen LogP contribution in [0.4, 0.5) is 17.1 Å². The number of fused-ring (bicyclic) bond motifs is 20. The third-order valence-corrected chi connectivity index (χ3v) is 9.59. The molecule has 6 heterocycles. The van der Waals surface area contributed by atoms with Crippen molar-refractivity contribution < 1.29 is 46.9 Å². The third kappa shape index (κ3) is 8.31. The molecule has 0 N–H and O–H groups in total. The van der Waals surface area contributed by atoms with Gasteiger partial charge in [-0.3, -0.25) is 18.7 Å². The first-order valence-electron chi connectivity index (χ1n) is 18.5. The molecule has 0 unspecified atom stereocenters. The molecule has 10 nitrogen and oxygen atoms in total. The van der Waals surface area contributed by atoms with Gasteiger partial charge in [0.05, 0.1) is 22.8 Å². The van der Waals surface area contributed by atoms with Gasteiger partial charge in [-0.05, 0) is 84.8 Å². The number of hydrogen-bond acceptors (Lipinski definition) is 6. The summed E-state index contributed by atoms with van der Waals surface area (Å²) < 4.78 is 13.4. The van der Waals surface area contributed by atoms with Crippen molar-refractivity contribution in [1.82, 2.24) is 39.1 Å². The van der Waals surface area contributed by atoms with E-state index in [4.69, 9.17) is 14.9 Å². The summed E-state index contributed by atoms with van der Waals surface area (Å²) in [5, 5.41) is 18.8. The fraction of sp³-hybridized carbons (Fsp3) is 0.0870. The molecule has 2 aliphatic heterocycles. The van der Waals surface area contributed by atoms with E-state index in [1.165, 1.54) is 0 Å². The van der Waals surface area contributed by atoms with E-state index in [9.17, 15) is 0 Å². The Morgan fingerprint density at radius 3 is 1.10 bits per heavy atom. The summed E-state index contributed by atoms with van der Waals surface area (Å²) in [4.78, 5) is 2.15. The van der Waals surface area contributed by atoms with Crippen LogP contribution in [0.1, 0.15) is 22.8 Å². The monoisotopic (exact) mass is 1120 g/mol. The van der Waals surface area contributed by atoms with Crippen LogP contribution >= 0.6 is 0 Å². The number of para-hydroxylation sites is 1. The van der Waals surface area contributed by atoms with Crippen LogP contribution in [-0.4, -0.2) is 39.1 Å². The molecule has 288 valence electrons. The van der Waals surface area contributed by atoms with Crippen molar-refractivity contribution in [3.63, 3.8) is 0 Å². The average Bonchev–Trinajstić information content (AvgIpc) is 4.08. The maximum atomic E-state index is 5.94. The summed E-state index contributed by atoms with van der Waals surface area (Å²) >= 11 is 0. The summed E-state index contributed by atoms with van der Waals surface area (Å²) in [5.41, 5.74) is 10.5. The minimum Gasteiger partial charge on any atom is -0.509 e. The smallest absolute Gasteiger partial charge is 0.509 e. The van der Waals surface area contributed by atoms with Crippen molar-refractivity contribution in [3.8, 4) is 34.2 Å². The largest absolute Gasteiger partial charge is 2.00 e. The zero-order chi connectivity index (χ0) is 37.3. The molecule has 0 radical (unpaired) electrons. The molecule has 0 fully saturated rings. The predicted molar refractivity (Wildman–Crippen MR) is 213 cm³/mol. The quantitative estimate of drug-likeness (QED) is 0.153. The molecule has 0 amide bonds. The Bertz CT molecular complexity index is 2620. The maximum absolute atomic E-state index is 5.94. The van der Waals surface area contributed by atoms with Crippen LogP contribution in [0.25, 0.3) is 22.7 Å². The molecule has 4 aromatic heterocycles. The van der Waals surface area contributed by atoms with Crippen LogP contribution < -0.4 is 9.64 Å². The normalized spacial score (nSPS) is 12.4. The SMILES string of the molecule is [Pt+2].[Pt+2].[c-]1c2cccc1-n1ccc(n1)CCc1ccn(n1)-c1[c-]c(ccc1)N2c1ccccc1.[c-]1c2cccc1-n1ccc(n1)CCc1ccn(n1)-c1[c-]c(ccc1)O2. The van der Waals surface area contributed by atoms with Crippen molar-refractivity contribution in [2.75, 3.05) is 4.90 Å². The molecule has 5 aromatic carbocycles. The minimum absolute atomic E-state index is 0. The number of benzene rings is 5. The van der Waals surface area contributed by atoms with Gasteiger partial charge >= 0.3 is 42.1 Å². The van der Waals surface area contributed by atoms with Crippen LogP contribution in [0.5, 0.6) is 11.5 Å². The van der Waals surface area contributed by atoms with Crippen molar-refractivity contribution in [1.29, 1.82) is 0 Å². The molecule has 0 saturated heterocycles. The molecule has 0 saturated carbocycles. The number of rotatable bonds is 1. The van der Waals surface area contributed by atoms with E-state index in [1.807, 2.05) is 135 Å². The Kier molecular flexibility index (Phi) is 11.5. The van der Waals surface area contributed by atoms with Crippen molar-refractivity contribution in [3.05, 3.63) is 199 Å². The average molecular weight is 1120 g/mol. The summed E-state index contributed by atoms with van der Waals surface area (Å²) in [7, 11) is 0. The molecule has 16 bridgehead atoms. The second-order valence-electron chi connectivity index (χ2n) is 13.4. The minimum atomic E-state index is 0. The summed E-state index contributed by atoms with van der Waals surface area (Å²) in [6.45, 7) is 0. The first-order valence-corrected chi connectivity index (χ1v) is 18.5. The van der Waals surface area contributed by atoms with Gasteiger partial charge in [0.15, 0.2) is 0 Å². The van der Waals surface area contributed by atoms with Crippen molar-refractivity contribution in [2.24, 2.45) is 0 Å². The third-order valence-electron chi connectivity index (χ3n) is 9.59. The molecule has 0 spiro atoms. The summed E-state index contributed by atoms with van der Waals surface area (Å²) in [5.74, 6) is 1.25. The maximum Gasteiger partial charge on any atom is 2.00 e. The molecule has 0 atom stereocenters. The molecule has 11 rings (SSSR count).